The van der Waals surface area contributed by atoms with Gasteiger partial charge in [0.05, 0.1) is 19.6 Å². The summed E-state index contributed by atoms with van der Waals surface area (Å²) < 4.78 is 10.8. The summed E-state index contributed by atoms with van der Waals surface area (Å²) in [6, 6.07) is 14.5. The minimum absolute atomic E-state index is 0. The number of hydrogen-bond acceptors (Lipinski definition) is 4. The van der Waals surface area contributed by atoms with E-state index in [1.807, 2.05) is 44.2 Å². The van der Waals surface area contributed by atoms with E-state index in [0.29, 0.717) is 23.8 Å². The van der Waals surface area contributed by atoms with E-state index in [0.717, 1.165) is 5.56 Å². The molecule has 0 aromatic heterocycles. The van der Waals surface area contributed by atoms with Gasteiger partial charge in [-0.15, -0.1) is 12.4 Å². The lowest BCUT2D eigenvalue weighted by molar-refractivity contribution is -0.120. The standard InChI is InChI=1S/C19H24N2O3.ClH/c1-4-24-16-11-10-15(12-17(16)23-3)21-19(22)13(2)18(20)14-8-6-5-7-9-14;/h5-13,18H,4,20H2,1-3H3,(H,21,22);1H. The third-order valence-corrected chi connectivity index (χ3v) is 3.87. The molecule has 0 spiro atoms. The van der Waals surface area contributed by atoms with E-state index in [9.17, 15) is 4.79 Å². The predicted molar refractivity (Wildman–Crippen MR) is 103 cm³/mol. The van der Waals surface area contributed by atoms with Crippen LogP contribution in [0.2, 0.25) is 0 Å². The molecule has 1 amide bonds. The number of carbonyl (C=O) groups excluding carboxylic acids is 1. The van der Waals surface area contributed by atoms with E-state index in [2.05, 4.69) is 5.32 Å². The summed E-state index contributed by atoms with van der Waals surface area (Å²) in [6.07, 6.45) is 0. The van der Waals surface area contributed by atoms with Crippen LogP contribution >= 0.6 is 12.4 Å². The number of halogens is 1. The first-order valence-electron chi connectivity index (χ1n) is 7.99. The van der Waals surface area contributed by atoms with Gasteiger partial charge in [-0.1, -0.05) is 37.3 Å². The van der Waals surface area contributed by atoms with Gasteiger partial charge in [0.15, 0.2) is 11.5 Å². The number of nitrogens with two attached hydrogens (primary N) is 1. The van der Waals surface area contributed by atoms with Crippen LogP contribution < -0.4 is 20.5 Å². The Kier molecular flexibility index (Phi) is 8.25. The molecule has 0 fully saturated rings. The maximum atomic E-state index is 12.5. The summed E-state index contributed by atoms with van der Waals surface area (Å²) in [5, 5.41) is 2.88. The first-order valence-corrected chi connectivity index (χ1v) is 7.99. The SMILES string of the molecule is CCOc1ccc(NC(=O)C(C)C(N)c2ccccc2)cc1OC.Cl. The molecule has 2 aromatic rings. The van der Waals surface area contributed by atoms with Crippen molar-refractivity contribution in [1.82, 2.24) is 0 Å². The van der Waals surface area contributed by atoms with Gasteiger partial charge in [-0.05, 0) is 24.6 Å². The van der Waals surface area contributed by atoms with Crippen LogP contribution in [0.15, 0.2) is 48.5 Å². The molecule has 0 saturated heterocycles. The highest BCUT2D eigenvalue weighted by Crippen LogP contribution is 2.30. The maximum Gasteiger partial charge on any atom is 0.229 e. The Morgan fingerprint density at radius 1 is 1.16 bits per heavy atom. The second-order valence-electron chi connectivity index (χ2n) is 5.51. The molecular formula is C19H25ClN2O3. The molecule has 0 saturated carbocycles. The molecule has 2 rings (SSSR count). The molecule has 2 atom stereocenters. The highest BCUT2D eigenvalue weighted by Gasteiger charge is 2.22. The third-order valence-electron chi connectivity index (χ3n) is 3.87. The molecule has 0 radical (unpaired) electrons. The van der Waals surface area contributed by atoms with Gasteiger partial charge < -0.3 is 20.5 Å². The van der Waals surface area contributed by atoms with E-state index in [1.165, 1.54) is 0 Å². The Hall–Kier alpha value is -2.24. The molecule has 3 N–H and O–H groups in total. The fourth-order valence-electron chi connectivity index (χ4n) is 2.40. The van der Waals surface area contributed by atoms with Gasteiger partial charge in [0, 0.05) is 17.8 Å². The van der Waals surface area contributed by atoms with Crippen molar-refractivity contribution in [2.45, 2.75) is 19.9 Å². The quantitative estimate of drug-likeness (QED) is 0.783. The van der Waals surface area contributed by atoms with Gasteiger partial charge in [0.2, 0.25) is 5.91 Å². The normalized spacial score (nSPS) is 12.5. The van der Waals surface area contributed by atoms with Crippen LogP contribution in [0.3, 0.4) is 0 Å². The van der Waals surface area contributed by atoms with Gasteiger partial charge in [-0.3, -0.25) is 4.79 Å². The van der Waals surface area contributed by atoms with Crippen molar-refractivity contribution >= 4 is 24.0 Å². The average Bonchev–Trinajstić information content (AvgIpc) is 2.62. The van der Waals surface area contributed by atoms with E-state index < -0.39 is 0 Å². The minimum atomic E-state index is -0.370. The van der Waals surface area contributed by atoms with Gasteiger partial charge in [0.1, 0.15) is 0 Å². The number of benzene rings is 2. The van der Waals surface area contributed by atoms with Crippen molar-refractivity contribution in [1.29, 1.82) is 0 Å². The average molecular weight is 365 g/mol. The Morgan fingerprint density at radius 2 is 1.84 bits per heavy atom. The van der Waals surface area contributed by atoms with Crippen molar-refractivity contribution in [3.63, 3.8) is 0 Å². The van der Waals surface area contributed by atoms with Crippen LogP contribution in [-0.4, -0.2) is 19.6 Å². The first kappa shape index (κ1) is 20.8. The summed E-state index contributed by atoms with van der Waals surface area (Å²) in [6.45, 7) is 4.27. The van der Waals surface area contributed by atoms with Crippen molar-refractivity contribution < 1.29 is 14.3 Å². The minimum Gasteiger partial charge on any atom is -0.493 e. The Morgan fingerprint density at radius 3 is 2.44 bits per heavy atom. The molecule has 0 heterocycles. The summed E-state index contributed by atoms with van der Waals surface area (Å²) in [5.41, 5.74) is 7.79. The summed E-state index contributed by atoms with van der Waals surface area (Å²) >= 11 is 0. The number of carbonyl (C=O) groups is 1. The van der Waals surface area contributed by atoms with Crippen LogP contribution in [0.1, 0.15) is 25.5 Å². The van der Waals surface area contributed by atoms with Crippen molar-refractivity contribution in [3.8, 4) is 11.5 Å². The lowest BCUT2D eigenvalue weighted by Crippen LogP contribution is -2.30. The van der Waals surface area contributed by atoms with Gasteiger partial charge in [0.25, 0.3) is 0 Å². The molecule has 0 aliphatic heterocycles. The topological polar surface area (TPSA) is 73.6 Å². The zero-order valence-corrected chi connectivity index (χ0v) is 15.5. The highest BCUT2D eigenvalue weighted by molar-refractivity contribution is 5.93. The van der Waals surface area contributed by atoms with Crippen molar-refractivity contribution in [2.24, 2.45) is 11.7 Å². The van der Waals surface area contributed by atoms with Crippen molar-refractivity contribution in [2.75, 3.05) is 19.0 Å². The van der Waals surface area contributed by atoms with Crippen LogP contribution in [0.5, 0.6) is 11.5 Å². The lowest BCUT2D eigenvalue weighted by atomic mass is 9.94. The molecule has 0 aliphatic carbocycles. The highest BCUT2D eigenvalue weighted by atomic mass is 35.5. The second-order valence-corrected chi connectivity index (χ2v) is 5.51. The Bertz CT molecular complexity index is 680. The van der Waals surface area contributed by atoms with Crippen LogP contribution in [0.4, 0.5) is 5.69 Å². The number of hydrogen-bond donors (Lipinski definition) is 2. The molecule has 136 valence electrons. The van der Waals surface area contributed by atoms with Crippen LogP contribution in [0, 0.1) is 5.92 Å². The summed E-state index contributed by atoms with van der Waals surface area (Å²) in [7, 11) is 1.57. The predicted octanol–water partition coefficient (Wildman–Crippen LogP) is 3.79. The monoisotopic (exact) mass is 364 g/mol. The number of amides is 1. The Labute approximate surface area is 154 Å². The maximum absolute atomic E-state index is 12.5. The molecular weight excluding hydrogens is 340 g/mol. The van der Waals surface area contributed by atoms with Crippen molar-refractivity contribution in [3.05, 3.63) is 54.1 Å². The summed E-state index contributed by atoms with van der Waals surface area (Å²) in [4.78, 5) is 12.5. The molecule has 0 aliphatic rings. The lowest BCUT2D eigenvalue weighted by Gasteiger charge is -2.20. The number of anilines is 1. The number of ether oxygens (including phenoxy) is 2. The van der Waals surface area contributed by atoms with E-state index in [4.69, 9.17) is 15.2 Å². The first-order chi connectivity index (χ1) is 11.6. The zero-order chi connectivity index (χ0) is 17.5. The molecule has 5 nitrogen and oxygen atoms in total. The molecule has 2 aromatic carbocycles. The van der Waals surface area contributed by atoms with Crippen LogP contribution in [0.25, 0.3) is 0 Å². The second kappa shape index (κ2) is 9.91. The molecule has 2 unspecified atom stereocenters. The summed E-state index contributed by atoms with van der Waals surface area (Å²) in [5.74, 6) is 0.712. The molecule has 0 bridgehead atoms. The smallest absolute Gasteiger partial charge is 0.229 e. The fourth-order valence-corrected chi connectivity index (χ4v) is 2.40. The van der Waals surface area contributed by atoms with Gasteiger partial charge in [-0.25, -0.2) is 0 Å². The van der Waals surface area contributed by atoms with E-state index >= 15 is 0 Å². The molecule has 25 heavy (non-hydrogen) atoms. The van der Waals surface area contributed by atoms with Crippen LogP contribution in [-0.2, 0) is 4.79 Å². The van der Waals surface area contributed by atoms with E-state index in [-0.39, 0.29) is 30.3 Å². The van der Waals surface area contributed by atoms with Gasteiger partial charge >= 0.3 is 0 Å². The zero-order valence-electron chi connectivity index (χ0n) is 14.7. The fraction of sp³-hybridized carbons (Fsp3) is 0.316. The molecule has 6 heteroatoms. The number of rotatable bonds is 7. The van der Waals surface area contributed by atoms with E-state index in [1.54, 1.807) is 25.3 Å². The van der Waals surface area contributed by atoms with Gasteiger partial charge in [-0.2, -0.15) is 0 Å². The Balaban J connectivity index is 0.00000312. The third kappa shape index (κ3) is 5.37. The largest absolute Gasteiger partial charge is 0.493 e. The number of nitrogens with one attached hydrogen (secondary N) is 1. The number of methoxy groups -OCH3 is 1.